The molecule has 1 saturated heterocycles. The van der Waals surface area contributed by atoms with Gasteiger partial charge in [0.05, 0.1) is 6.10 Å². The molecule has 1 atom stereocenters. The molecule has 0 bridgehead atoms. The summed E-state index contributed by atoms with van der Waals surface area (Å²) in [6, 6.07) is 5.77. The molecule has 1 heterocycles. The highest BCUT2D eigenvalue weighted by Gasteiger charge is 2.14. The van der Waals surface area contributed by atoms with Crippen molar-refractivity contribution in [3.05, 3.63) is 22.7 Å². The topological polar surface area (TPSA) is 61.5 Å². The van der Waals surface area contributed by atoms with Crippen LogP contribution in [-0.2, 0) is 0 Å². The van der Waals surface area contributed by atoms with Gasteiger partial charge in [-0.05, 0) is 34.1 Å². The summed E-state index contributed by atoms with van der Waals surface area (Å²) in [5, 5.41) is 13.4. The molecule has 0 amide bonds. The SMILES string of the molecule is Nc1ccc(SCC(O)CN2CCNCC2)c(Br)c1. The number of anilines is 1. The lowest BCUT2D eigenvalue weighted by Crippen LogP contribution is -2.46. The maximum absolute atomic E-state index is 10.1. The van der Waals surface area contributed by atoms with Crippen LogP contribution in [0.3, 0.4) is 0 Å². The first-order valence-electron chi connectivity index (χ1n) is 6.44. The fourth-order valence-corrected chi connectivity index (χ4v) is 3.64. The van der Waals surface area contributed by atoms with Crippen LogP contribution in [0, 0.1) is 0 Å². The van der Waals surface area contributed by atoms with E-state index in [1.54, 1.807) is 11.8 Å². The van der Waals surface area contributed by atoms with Crippen LogP contribution in [0.4, 0.5) is 5.69 Å². The predicted molar refractivity (Wildman–Crippen MR) is 84.6 cm³/mol. The number of nitrogen functional groups attached to an aromatic ring is 1. The smallest absolute Gasteiger partial charge is 0.0760 e. The number of hydrogen-bond donors (Lipinski definition) is 3. The summed E-state index contributed by atoms with van der Waals surface area (Å²) in [4.78, 5) is 3.42. The molecule has 1 unspecified atom stereocenters. The third kappa shape index (κ3) is 4.96. The molecule has 1 aromatic rings. The van der Waals surface area contributed by atoms with Crippen molar-refractivity contribution >= 4 is 33.4 Å². The second-order valence-corrected chi connectivity index (χ2v) is 6.62. The zero-order valence-electron chi connectivity index (χ0n) is 10.8. The fraction of sp³-hybridized carbons (Fsp3) is 0.538. The summed E-state index contributed by atoms with van der Waals surface area (Å²) in [6.45, 7) is 4.83. The molecule has 2 rings (SSSR count). The van der Waals surface area contributed by atoms with Crippen LogP contribution < -0.4 is 11.1 Å². The maximum atomic E-state index is 10.1. The number of nitrogens with two attached hydrogens (primary N) is 1. The Kier molecular flexibility index (Phi) is 5.97. The minimum Gasteiger partial charge on any atom is -0.399 e. The van der Waals surface area contributed by atoms with Gasteiger partial charge in [-0.1, -0.05) is 0 Å². The number of aliphatic hydroxyl groups excluding tert-OH is 1. The lowest BCUT2D eigenvalue weighted by atomic mass is 10.3. The average Bonchev–Trinajstić information content (AvgIpc) is 2.39. The Balaban J connectivity index is 1.77. The van der Waals surface area contributed by atoms with E-state index in [-0.39, 0.29) is 6.10 Å². The molecule has 0 aliphatic carbocycles. The monoisotopic (exact) mass is 345 g/mol. The maximum Gasteiger partial charge on any atom is 0.0760 e. The standard InChI is InChI=1S/C13H20BrN3OS/c14-12-7-10(15)1-2-13(12)19-9-11(18)8-17-5-3-16-4-6-17/h1-2,7,11,16,18H,3-6,8-9,15H2. The number of benzene rings is 1. The fourth-order valence-electron chi connectivity index (χ4n) is 2.06. The Morgan fingerprint density at radius 3 is 2.84 bits per heavy atom. The summed E-state index contributed by atoms with van der Waals surface area (Å²) in [7, 11) is 0. The molecule has 1 fully saturated rings. The molecule has 1 aromatic carbocycles. The van der Waals surface area contributed by atoms with Crippen molar-refractivity contribution in [3.63, 3.8) is 0 Å². The Hall–Kier alpha value is -0.270. The van der Waals surface area contributed by atoms with Crippen molar-refractivity contribution in [1.82, 2.24) is 10.2 Å². The molecule has 0 radical (unpaired) electrons. The number of rotatable bonds is 5. The molecule has 6 heteroatoms. The van der Waals surface area contributed by atoms with E-state index in [0.717, 1.165) is 47.8 Å². The van der Waals surface area contributed by atoms with Crippen LogP contribution in [0.2, 0.25) is 0 Å². The zero-order valence-corrected chi connectivity index (χ0v) is 13.2. The van der Waals surface area contributed by atoms with Crippen molar-refractivity contribution in [2.45, 2.75) is 11.0 Å². The van der Waals surface area contributed by atoms with Gasteiger partial charge in [-0.3, -0.25) is 4.90 Å². The predicted octanol–water partition coefficient (Wildman–Crippen LogP) is 1.39. The van der Waals surface area contributed by atoms with Crippen molar-refractivity contribution in [3.8, 4) is 0 Å². The van der Waals surface area contributed by atoms with Gasteiger partial charge in [0.1, 0.15) is 0 Å². The lowest BCUT2D eigenvalue weighted by molar-refractivity contribution is 0.121. The van der Waals surface area contributed by atoms with E-state index in [4.69, 9.17) is 5.73 Å². The molecule has 1 aliphatic heterocycles. The van der Waals surface area contributed by atoms with Crippen LogP contribution in [-0.4, -0.2) is 54.6 Å². The van der Waals surface area contributed by atoms with Crippen molar-refractivity contribution in [1.29, 1.82) is 0 Å². The highest BCUT2D eigenvalue weighted by atomic mass is 79.9. The van der Waals surface area contributed by atoms with Gasteiger partial charge < -0.3 is 16.2 Å². The largest absolute Gasteiger partial charge is 0.399 e. The number of β-amino-alcohol motifs (C(OH)–C–C–N with tert-alkyl or cyclic N) is 1. The Morgan fingerprint density at radius 1 is 1.42 bits per heavy atom. The first-order chi connectivity index (χ1) is 9.15. The third-order valence-electron chi connectivity index (χ3n) is 3.07. The highest BCUT2D eigenvalue weighted by Crippen LogP contribution is 2.29. The molecule has 106 valence electrons. The molecule has 19 heavy (non-hydrogen) atoms. The van der Waals surface area contributed by atoms with E-state index >= 15 is 0 Å². The second kappa shape index (κ2) is 7.50. The minimum absolute atomic E-state index is 0.299. The van der Waals surface area contributed by atoms with Gasteiger partial charge in [0.25, 0.3) is 0 Å². The van der Waals surface area contributed by atoms with E-state index < -0.39 is 0 Å². The summed E-state index contributed by atoms with van der Waals surface area (Å²) in [5.41, 5.74) is 6.45. The van der Waals surface area contributed by atoms with Gasteiger partial charge in [-0.25, -0.2) is 0 Å². The highest BCUT2D eigenvalue weighted by molar-refractivity contribution is 9.10. The van der Waals surface area contributed by atoms with Crippen LogP contribution in [0.15, 0.2) is 27.6 Å². The molecular formula is C13H20BrN3OS. The summed E-state index contributed by atoms with van der Waals surface area (Å²) in [6.07, 6.45) is -0.299. The summed E-state index contributed by atoms with van der Waals surface area (Å²) in [5.74, 6) is 0.701. The number of aliphatic hydroxyl groups is 1. The first kappa shape index (κ1) is 15.1. The van der Waals surface area contributed by atoms with E-state index in [1.807, 2.05) is 18.2 Å². The van der Waals surface area contributed by atoms with E-state index in [0.29, 0.717) is 5.75 Å². The first-order valence-corrected chi connectivity index (χ1v) is 8.22. The lowest BCUT2D eigenvalue weighted by Gasteiger charge is -2.29. The number of halogens is 1. The Bertz CT molecular complexity index is 413. The molecule has 1 aliphatic rings. The van der Waals surface area contributed by atoms with Crippen LogP contribution in [0.5, 0.6) is 0 Å². The molecular weight excluding hydrogens is 326 g/mol. The van der Waals surface area contributed by atoms with Gasteiger partial charge in [0.15, 0.2) is 0 Å². The van der Waals surface area contributed by atoms with Crippen molar-refractivity contribution in [2.75, 3.05) is 44.2 Å². The van der Waals surface area contributed by atoms with Crippen LogP contribution >= 0.6 is 27.7 Å². The van der Waals surface area contributed by atoms with Crippen molar-refractivity contribution < 1.29 is 5.11 Å². The average molecular weight is 346 g/mol. The number of thioether (sulfide) groups is 1. The summed E-state index contributed by atoms with van der Waals surface area (Å²) < 4.78 is 0.992. The molecule has 0 spiro atoms. The Morgan fingerprint density at radius 2 is 2.16 bits per heavy atom. The molecule has 0 aromatic heterocycles. The minimum atomic E-state index is -0.299. The number of nitrogens with one attached hydrogen (secondary N) is 1. The quantitative estimate of drug-likeness (QED) is 0.556. The molecule has 4 nitrogen and oxygen atoms in total. The third-order valence-corrected chi connectivity index (χ3v) is 5.20. The van der Waals surface area contributed by atoms with Gasteiger partial charge in [0, 0.05) is 53.5 Å². The van der Waals surface area contributed by atoms with Crippen LogP contribution in [0.1, 0.15) is 0 Å². The number of piperazine rings is 1. The Labute approximate surface area is 126 Å². The summed E-state index contributed by atoms with van der Waals surface area (Å²) >= 11 is 5.15. The van der Waals surface area contributed by atoms with Gasteiger partial charge >= 0.3 is 0 Å². The van der Waals surface area contributed by atoms with Gasteiger partial charge in [-0.15, -0.1) is 11.8 Å². The molecule has 0 saturated carbocycles. The number of hydrogen-bond acceptors (Lipinski definition) is 5. The van der Waals surface area contributed by atoms with E-state index in [9.17, 15) is 5.11 Å². The second-order valence-electron chi connectivity index (χ2n) is 4.71. The van der Waals surface area contributed by atoms with Gasteiger partial charge in [-0.2, -0.15) is 0 Å². The normalized spacial score (nSPS) is 18.4. The number of nitrogens with zero attached hydrogens (tertiary/aromatic N) is 1. The zero-order chi connectivity index (χ0) is 13.7. The molecule has 4 N–H and O–H groups in total. The van der Waals surface area contributed by atoms with E-state index in [1.165, 1.54) is 0 Å². The van der Waals surface area contributed by atoms with Gasteiger partial charge in [0.2, 0.25) is 0 Å². The van der Waals surface area contributed by atoms with E-state index in [2.05, 4.69) is 26.1 Å². The van der Waals surface area contributed by atoms with Crippen LogP contribution in [0.25, 0.3) is 0 Å². The van der Waals surface area contributed by atoms with Crippen molar-refractivity contribution in [2.24, 2.45) is 0 Å².